The number of amides is 2. The first-order valence-electron chi connectivity index (χ1n) is 5.59. The second-order valence-corrected chi connectivity index (χ2v) is 3.82. The molecule has 7 heteroatoms. The van der Waals surface area contributed by atoms with E-state index < -0.39 is 24.1 Å². The van der Waals surface area contributed by atoms with Crippen molar-refractivity contribution in [1.29, 1.82) is 0 Å². The second-order valence-electron chi connectivity index (χ2n) is 3.82. The Morgan fingerprint density at radius 3 is 2.82 bits per heavy atom. The molecule has 1 aliphatic heterocycles. The molecule has 0 aliphatic carbocycles. The summed E-state index contributed by atoms with van der Waals surface area (Å²) in [6.45, 7) is 3.18. The summed E-state index contributed by atoms with van der Waals surface area (Å²) in [5.74, 6) is -1.10. The summed E-state index contributed by atoms with van der Waals surface area (Å²) in [7, 11) is 0. The zero-order chi connectivity index (χ0) is 12.8. The minimum absolute atomic E-state index is 0.0530. The summed E-state index contributed by atoms with van der Waals surface area (Å²) in [4.78, 5) is 23.7. The van der Waals surface area contributed by atoms with E-state index in [-0.39, 0.29) is 13.0 Å². The number of nitrogens with one attached hydrogen (secondary N) is 1. The van der Waals surface area contributed by atoms with Gasteiger partial charge in [-0.05, 0) is 6.92 Å². The number of rotatable bonds is 5. The molecule has 3 N–H and O–H groups in total. The molecule has 2 amide bonds. The molecule has 7 nitrogen and oxygen atoms in total. The van der Waals surface area contributed by atoms with Crippen molar-refractivity contribution in [3.63, 3.8) is 0 Å². The van der Waals surface area contributed by atoms with Gasteiger partial charge in [0.1, 0.15) is 6.04 Å². The number of hydrogen-bond donors (Lipinski definition) is 3. The Morgan fingerprint density at radius 2 is 2.24 bits per heavy atom. The molecule has 1 aliphatic rings. The Kier molecular flexibility index (Phi) is 5.17. The van der Waals surface area contributed by atoms with E-state index in [1.165, 1.54) is 0 Å². The highest BCUT2D eigenvalue weighted by Crippen LogP contribution is 2.17. The number of carboxylic acid groups (broad SMARTS) is 1. The minimum atomic E-state index is -1.10. The Labute approximate surface area is 99.4 Å². The van der Waals surface area contributed by atoms with Gasteiger partial charge in [0.05, 0.1) is 12.7 Å². The van der Waals surface area contributed by atoms with Gasteiger partial charge in [-0.25, -0.2) is 9.59 Å². The van der Waals surface area contributed by atoms with Gasteiger partial charge in [-0.15, -0.1) is 0 Å². The molecule has 1 fully saturated rings. The van der Waals surface area contributed by atoms with E-state index in [1.54, 1.807) is 0 Å². The van der Waals surface area contributed by atoms with Crippen LogP contribution in [0.15, 0.2) is 0 Å². The van der Waals surface area contributed by atoms with E-state index in [4.69, 9.17) is 9.84 Å². The zero-order valence-electron chi connectivity index (χ0n) is 9.76. The van der Waals surface area contributed by atoms with Crippen LogP contribution in [-0.4, -0.2) is 65.6 Å². The quantitative estimate of drug-likeness (QED) is 0.554. The molecule has 0 bridgehead atoms. The van der Waals surface area contributed by atoms with Crippen LogP contribution >= 0.6 is 0 Å². The second kappa shape index (κ2) is 6.41. The maximum Gasteiger partial charge on any atom is 0.326 e. The number of aliphatic carboxylic acids is 1. The summed E-state index contributed by atoms with van der Waals surface area (Å²) < 4.78 is 5.04. The van der Waals surface area contributed by atoms with E-state index in [0.29, 0.717) is 19.8 Å². The van der Waals surface area contributed by atoms with Gasteiger partial charge in [0.25, 0.3) is 0 Å². The van der Waals surface area contributed by atoms with Crippen LogP contribution in [0.3, 0.4) is 0 Å². The van der Waals surface area contributed by atoms with Crippen molar-refractivity contribution < 1.29 is 24.5 Å². The van der Waals surface area contributed by atoms with E-state index in [9.17, 15) is 14.7 Å². The third-order valence-corrected chi connectivity index (χ3v) is 2.55. The number of hydrogen-bond acceptors (Lipinski definition) is 4. The van der Waals surface area contributed by atoms with Gasteiger partial charge in [-0.3, -0.25) is 0 Å². The lowest BCUT2D eigenvalue weighted by molar-refractivity contribution is -0.141. The van der Waals surface area contributed by atoms with Crippen LogP contribution in [0.5, 0.6) is 0 Å². The smallest absolute Gasteiger partial charge is 0.326 e. The molecule has 17 heavy (non-hydrogen) atoms. The molecule has 1 rings (SSSR count). The molecule has 0 unspecified atom stereocenters. The van der Waals surface area contributed by atoms with Gasteiger partial charge in [0.15, 0.2) is 0 Å². The summed E-state index contributed by atoms with van der Waals surface area (Å²) in [6, 6.07) is -1.43. The van der Waals surface area contributed by atoms with Crippen molar-refractivity contribution in [3.05, 3.63) is 0 Å². The van der Waals surface area contributed by atoms with Crippen LogP contribution in [0.25, 0.3) is 0 Å². The highest BCUT2D eigenvalue weighted by molar-refractivity contribution is 5.83. The Hall–Kier alpha value is -1.34. The van der Waals surface area contributed by atoms with Crippen LogP contribution in [0.1, 0.15) is 13.3 Å². The number of carbonyl (C=O) groups is 2. The van der Waals surface area contributed by atoms with E-state index in [0.717, 1.165) is 4.90 Å². The number of ether oxygens (including phenoxy) is 1. The number of nitrogens with zero attached hydrogens (tertiary/aromatic N) is 1. The highest BCUT2D eigenvalue weighted by atomic mass is 16.5. The molecule has 0 saturated carbocycles. The number of aliphatic hydroxyl groups is 1. The molecule has 0 aromatic heterocycles. The monoisotopic (exact) mass is 246 g/mol. The van der Waals surface area contributed by atoms with Crippen molar-refractivity contribution in [2.24, 2.45) is 0 Å². The molecule has 1 saturated heterocycles. The van der Waals surface area contributed by atoms with E-state index in [2.05, 4.69) is 5.32 Å². The molecule has 0 spiro atoms. The summed E-state index contributed by atoms with van der Waals surface area (Å²) in [5.41, 5.74) is 0. The third-order valence-electron chi connectivity index (χ3n) is 2.55. The van der Waals surface area contributed by atoms with Gasteiger partial charge >= 0.3 is 12.0 Å². The maximum atomic E-state index is 11.7. The van der Waals surface area contributed by atoms with Gasteiger partial charge in [0, 0.05) is 26.1 Å². The van der Waals surface area contributed by atoms with E-state index >= 15 is 0 Å². The first kappa shape index (κ1) is 13.7. The fourth-order valence-corrected chi connectivity index (χ4v) is 1.75. The number of carboxylic acids is 1. The number of aliphatic hydroxyl groups excluding tert-OH is 1. The molecular formula is C10H18N2O5. The molecule has 2 atom stereocenters. The fraction of sp³-hybridized carbons (Fsp3) is 0.800. The van der Waals surface area contributed by atoms with E-state index in [1.807, 2.05) is 6.92 Å². The molecular weight excluding hydrogens is 228 g/mol. The average Bonchev–Trinajstić information content (AvgIpc) is 2.66. The summed E-state index contributed by atoms with van der Waals surface area (Å²) in [5, 5.41) is 20.8. The number of likely N-dealkylation sites (tertiary alicyclic amines) is 1. The summed E-state index contributed by atoms with van der Waals surface area (Å²) in [6.07, 6.45) is -0.692. The van der Waals surface area contributed by atoms with Crippen LogP contribution < -0.4 is 5.32 Å². The van der Waals surface area contributed by atoms with Gasteiger partial charge in [-0.1, -0.05) is 0 Å². The molecule has 0 radical (unpaired) electrons. The normalized spacial score (nSPS) is 23.8. The largest absolute Gasteiger partial charge is 0.480 e. The average molecular weight is 246 g/mol. The van der Waals surface area contributed by atoms with Gasteiger partial charge in [-0.2, -0.15) is 0 Å². The lowest BCUT2D eigenvalue weighted by atomic mass is 10.2. The maximum absolute atomic E-state index is 11.7. The van der Waals surface area contributed by atoms with Crippen molar-refractivity contribution in [2.75, 3.05) is 26.3 Å². The molecule has 1 heterocycles. The lowest BCUT2D eigenvalue weighted by Crippen LogP contribution is -2.46. The number of β-amino-alcohol motifs (C(OH)–C–C–N with tert-alkyl or cyclic N) is 1. The van der Waals surface area contributed by atoms with Crippen molar-refractivity contribution in [2.45, 2.75) is 25.5 Å². The Bertz CT molecular complexity index is 284. The number of urea groups is 1. The first-order valence-corrected chi connectivity index (χ1v) is 5.59. The predicted octanol–water partition coefficient (Wildman–Crippen LogP) is -0.748. The van der Waals surface area contributed by atoms with Crippen LogP contribution in [-0.2, 0) is 9.53 Å². The summed E-state index contributed by atoms with van der Waals surface area (Å²) >= 11 is 0. The topological polar surface area (TPSA) is 99.1 Å². The Morgan fingerprint density at radius 1 is 1.53 bits per heavy atom. The third kappa shape index (κ3) is 3.86. The van der Waals surface area contributed by atoms with Crippen LogP contribution in [0, 0.1) is 0 Å². The lowest BCUT2D eigenvalue weighted by Gasteiger charge is -2.21. The van der Waals surface area contributed by atoms with Gasteiger partial charge < -0.3 is 25.2 Å². The van der Waals surface area contributed by atoms with Crippen LogP contribution in [0.4, 0.5) is 4.79 Å². The molecule has 0 aromatic carbocycles. The zero-order valence-corrected chi connectivity index (χ0v) is 9.76. The minimum Gasteiger partial charge on any atom is -0.480 e. The van der Waals surface area contributed by atoms with Crippen molar-refractivity contribution in [1.82, 2.24) is 10.2 Å². The number of carbonyl (C=O) groups excluding carboxylic acids is 1. The Balaban J connectivity index is 2.41. The van der Waals surface area contributed by atoms with Gasteiger partial charge in [0.2, 0.25) is 0 Å². The van der Waals surface area contributed by atoms with Crippen molar-refractivity contribution >= 4 is 12.0 Å². The van der Waals surface area contributed by atoms with Crippen LogP contribution in [0.2, 0.25) is 0 Å². The molecule has 0 aromatic rings. The SMILES string of the molecule is CCOCCNC(=O)N1C[C@H](O)C[C@H]1C(=O)O. The first-order chi connectivity index (χ1) is 8.06. The standard InChI is InChI=1S/C10H18N2O5/c1-2-17-4-3-11-10(16)12-6-7(13)5-8(12)9(14)15/h7-8,13H,2-6H2,1H3,(H,11,16)(H,14,15)/t7-,8+/m1/s1. The molecule has 98 valence electrons. The fourth-order valence-electron chi connectivity index (χ4n) is 1.75. The van der Waals surface area contributed by atoms with Crippen molar-refractivity contribution in [3.8, 4) is 0 Å². The predicted molar refractivity (Wildman–Crippen MR) is 58.6 cm³/mol. The highest BCUT2D eigenvalue weighted by Gasteiger charge is 2.38.